The third-order valence-corrected chi connectivity index (χ3v) is 3.17. The van der Waals surface area contributed by atoms with E-state index in [9.17, 15) is 14.4 Å². The number of nitrogens with zero attached hydrogens (tertiary/aromatic N) is 1. The van der Waals surface area contributed by atoms with Crippen molar-refractivity contribution in [2.75, 3.05) is 20.2 Å². The summed E-state index contributed by atoms with van der Waals surface area (Å²) in [6, 6.07) is -1.58. The SMILES string of the molecule is COC(=O)CC[C@H](NC(=O)N1C[C@@H](C)O[C@@H](C)C1)C(=O)O. The molecule has 3 atom stereocenters. The van der Waals surface area contributed by atoms with Crippen molar-refractivity contribution in [2.45, 2.75) is 44.9 Å². The van der Waals surface area contributed by atoms with Gasteiger partial charge in [-0.3, -0.25) is 4.79 Å². The van der Waals surface area contributed by atoms with Crippen LogP contribution in [-0.2, 0) is 19.1 Å². The molecule has 0 bridgehead atoms. The van der Waals surface area contributed by atoms with Crippen LogP contribution in [0.1, 0.15) is 26.7 Å². The number of esters is 1. The molecule has 1 aliphatic rings. The van der Waals surface area contributed by atoms with Crippen molar-refractivity contribution in [1.29, 1.82) is 0 Å². The molecule has 2 N–H and O–H groups in total. The number of carbonyl (C=O) groups excluding carboxylic acids is 2. The fraction of sp³-hybridized carbons (Fsp3) is 0.769. The van der Waals surface area contributed by atoms with E-state index in [-0.39, 0.29) is 25.0 Å². The maximum atomic E-state index is 12.1. The van der Waals surface area contributed by atoms with E-state index in [0.29, 0.717) is 13.1 Å². The van der Waals surface area contributed by atoms with Gasteiger partial charge in [-0.2, -0.15) is 0 Å². The summed E-state index contributed by atoms with van der Waals surface area (Å²) in [5.41, 5.74) is 0. The zero-order valence-electron chi connectivity index (χ0n) is 12.5. The second-order valence-electron chi connectivity index (χ2n) is 5.12. The molecule has 0 aliphatic carbocycles. The summed E-state index contributed by atoms with van der Waals surface area (Å²) < 4.78 is 9.97. The van der Waals surface area contributed by atoms with Crippen LogP contribution in [-0.4, -0.2) is 66.4 Å². The molecule has 0 aromatic carbocycles. The van der Waals surface area contributed by atoms with Crippen LogP contribution in [0.2, 0.25) is 0 Å². The van der Waals surface area contributed by atoms with Crippen molar-refractivity contribution < 1.29 is 29.0 Å². The summed E-state index contributed by atoms with van der Waals surface area (Å²) in [5, 5.41) is 11.5. The molecule has 1 heterocycles. The normalized spacial score (nSPS) is 23.3. The van der Waals surface area contributed by atoms with E-state index in [4.69, 9.17) is 9.84 Å². The molecule has 0 spiro atoms. The predicted molar refractivity (Wildman–Crippen MR) is 72.8 cm³/mol. The van der Waals surface area contributed by atoms with Crippen LogP contribution in [0, 0.1) is 0 Å². The Hall–Kier alpha value is -1.83. The fourth-order valence-corrected chi connectivity index (χ4v) is 2.21. The number of carboxylic acid groups (broad SMARTS) is 1. The van der Waals surface area contributed by atoms with Crippen LogP contribution < -0.4 is 5.32 Å². The van der Waals surface area contributed by atoms with Gasteiger partial charge >= 0.3 is 18.0 Å². The van der Waals surface area contributed by atoms with Gasteiger partial charge in [-0.25, -0.2) is 9.59 Å². The van der Waals surface area contributed by atoms with Gasteiger partial charge in [-0.15, -0.1) is 0 Å². The number of methoxy groups -OCH3 is 1. The van der Waals surface area contributed by atoms with Crippen molar-refractivity contribution in [3.63, 3.8) is 0 Å². The minimum Gasteiger partial charge on any atom is -0.480 e. The van der Waals surface area contributed by atoms with E-state index in [1.54, 1.807) is 0 Å². The van der Waals surface area contributed by atoms with Crippen LogP contribution in [0.5, 0.6) is 0 Å². The summed E-state index contributed by atoms with van der Waals surface area (Å²) in [7, 11) is 1.23. The lowest BCUT2D eigenvalue weighted by molar-refractivity contribution is -0.142. The molecule has 0 aromatic rings. The summed E-state index contributed by atoms with van der Waals surface area (Å²) in [6.45, 7) is 4.50. The number of carboxylic acids is 1. The maximum Gasteiger partial charge on any atom is 0.326 e. The second-order valence-corrected chi connectivity index (χ2v) is 5.12. The van der Waals surface area contributed by atoms with Crippen molar-refractivity contribution in [1.82, 2.24) is 10.2 Å². The zero-order chi connectivity index (χ0) is 16.0. The highest BCUT2D eigenvalue weighted by molar-refractivity contribution is 5.83. The molecule has 8 nitrogen and oxygen atoms in total. The van der Waals surface area contributed by atoms with Crippen molar-refractivity contribution in [2.24, 2.45) is 0 Å². The van der Waals surface area contributed by atoms with Gasteiger partial charge in [0.1, 0.15) is 6.04 Å². The van der Waals surface area contributed by atoms with Crippen LogP contribution in [0.25, 0.3) is 0 Å². The van der Waals surface area contributed by atoms with Crippen molar-refractivity contribution in [3.05, 3.63) is 0 Å². The molecule has 2 amide bonds. The van der Waals surface area contributed by atoms with E-state index in [2.05, 4.69) is 10.1 Å². The van der Waals surface area contributed by atoms with Crippen LogP contribution in [0.4, 0.5) is 4.79 Å². The molecule has 1 aliphatic heterocycles. The first-order valence-electron chi connectivity index (χ1n) is 6.84. The summed E-state index contributed by atoms with van der Waals surface area (Å²) in [6.07, 6.45) is -0.275. The Bertz CT molecular complexity index is 390. The van der Waals surface area contributed by atoms with Crippen LogP contribution >= 0.6 is 0 Å². The molecule has 0 unspecified atom stereocenters. The van der Waals surface area contributed by atoms with E-state index < -0.39 is 24.0 Å². The summed E-state index contributed by atoms with van der Waals surface area (Å²) in [4.78, 5) is 35.8. The molecule has 1 saturated heterocycles. The number of nitrogens with one attached hydrogen (secondary N) is 1. The van der Waals surface area contributed by atoms with Gasteiger partial charge in [0.25, 0.3) is 0 Å². The highest BCUT2D eigenvalue weighted by atomic mass is 16.5. The lowest BCUT2D eigenvalue weighted by atomic mass is 10.1. The minimum absolute atomic E-state index is 0.0107. The van der Waals surface area contributed by atoms with Crippen molar-refractivity contribution >= 4 is 18.0 Å². The number of hydrogen-bond acceptors (Lipinski definition) is 5. The zero-order valence-corrected chi connectivity index (χ0v) is 12.5. The average molecular weight is 302 g/mol. The number of ether oxygens (including phenoxy) is 2. The van der Waals surface area contributed by atoms with E-state index in [1.807, 2.05) is 13.8 Å². The quantitative estimate of drug-likeness (QED) is 0.703. The highest BCUT2D eigenvalue weighted by Crippen LogP contribution is 2.11. The summed E-state index contributed by atoms with van der Waals surface area (Å²) in [5.74, 6) is -1.69. The standard InChI is InChI=1S/C13H22N2O6/c1-8-6-15(7-9(2)21-8)13(19)14-10(12(17)18)4-5-11(16)20-3/h8-10H,4-7H2,1-3H3,(H,14,19)(H,17,18)/t8-,9+,10-/m0/s1. The smallest absolute Gasteiger partial charge is 0.326 e. The number of morpholine rings is 1. The second kappa shape index (κ2) is 7.82. The van der Waals surface area contributed by atoms with Gasteiger partial charge in [0.2, 0.25) is 0 Å². The van der Waals surface area contributed by atoms with E-state index in [1.165, 1.54) is 12.0 Å². The summed E-state index contributed by atoms with van der Waals surface area (Å²) >= 11 is 0. The monoisotopic (exact) mass is 302 g/mol. The Balaban J connectivity index is 2.55. The lowest BCUT2D eigenvalue weighted by Gasteiger charge is -2.35. The number of amides is 2. The Morgan fingerprint density at radius 1 is 1.33 bits per heavy atom. The molecular weight excluding hydrogens is 280 g/mol. The number of carbonyl (C=O) groups is 3. The van der Waals surface area contributed by atoms with Gasteiger partial charge in [-0.05, 0) is 20.3 Å². The Morgan fingerprint density at radius 2 is 1.90 bits per heavy atom. The first-order chi connectivity index (χ1) is 9.83. The molecule has 0 saturated carbocycles. The molecule has 1 rings (SSSR count). The minimum atomic E-state index is -1.18. The van der Waals surface area contributed by atoms with E-state index in [0.717, 1.165) is 0 Å². The lowest BCUT2D eigenvalue weighted by Crippen LogP contribution is -2.54. The molecule has 120 valence electrons. The molecule has 0 aromatic heterocycles. The maximum absolute atomic E-state index is 12.1. The number of hydrogen-bond donors (Lipinski definition) is 2. The van der Waals surface area contributed by atoms with E-state index >= 15 is 0 Å². The van der Waals surface area contributed by atoms with Gasteiger partial charge in [0, 0.05) is 19.5 Å². The number of urea groups is 1. The Morgan fingerprint density at radius 3 is 2.38 bits per heavy atom. The van der Waals surface area contributed by atoms with Gasteiger partial charge < -0.3 is 24.8 Å². The third kappa shape index (κ3) is 5.58. The first kappa shape index (κ1) is 17.2. The third-order valence-electron chi connectivity index (χ3n) is 3.17. The Labute approximate surface area is 123 Å². The van der Waals surface area contributed by atoms with Gasteiger partial charge in [0.05, 0.1) is 19.3 Å². The molecule has 1 fully saturated rings. The molecule has 0 radical (unpaired) electrons. The average Bonchev–Trinajstić information content (AvgIpc) is 2.41. The molecule has 21 heavy (non-hydrogen) atoms. The van der Waals surface area contributed by atoms with Crippen LogP contribution in [0.3, 0.4) is 0 Å². The predicted octanol–water partition coefficient (Wildman–Crippen LogP) is 0.212. The number of aliphatic carboxylic acids is 1. The fourth-order valence-electron chi connectivity index (χ4n) is 2.21. The topological polar surface area (TPSA) is 105 Å². The number of rotatable bonds is 5. The molecule has 8 heteroatoms. The van der Waals surface area contributed by atoms with Crippen molar-refractivity contribution in [3.8, 4) is 0 Å². The largest absolute Gasteiger partial charge is 0.480 e. The Kier molecular flexibility index (Phi) is 6.41. The van der Waals surface area contributed by atoms with Gasteiger partial charge in [-0.1, -0.05) is 0 Å². The van der Waals surface area contributed by atoms with Crippen LogP contribution in [0.15, 0.2) is 0 Å². The molecular formula is C13H22N2O6. The highest BCUT2D eigenvalue weighted by Gasteiger charge is 2.29. The van der Waals surface area contributed by atoms with Gasteiger partial charge in [0.15, 0.2) is 0 Å². The first-order valence-corrected chi connectivity index (χ1v) is 6.84.